The van der Waals surface area contributed by atoms with Crippen LogP contribution in [-0.4, -0.2) is 22.4 Å². The quantitative estimate of drug-likeness (QED) is 0.831. The van der Waals surface area contributed by atoms with Gasteiger partial charge in [0, 0.05) is 17.5 Å². The summed E-state index contributed by atoms with van der Waals surface area (Å²) in [5, 5.41) is 19.9. The second kappa shape index (κ2) is 5.20. The molecule has 0 aliphatic carbocycles. The van der Waals surface area contributed by atoms with Gasteiger partial charge in [0.05, 0.1) is 17.7 Å². The standard InChI is InChI=1S/C20H20O4/c1-20(2)8-7-16-18(24-20)6-3-12-9-13(11-23-19(12)16)15-5-4-14(21)10-17(15)22/h3-8,10,13,21-22H,9,11H2,1-2H3/t13-/m0/s1/i4D,6D,8D,10D. The summed E-state index contributed by atoms with van der Waals surface area (Å²) in [5.74, 6) is -0.327. The third-order valence-corrected chi connectivity index (χ3v) is 4.29. The van der Waals surface area contributed by atoms with Gasteiger partial charge in [-0.1, -0.05) is 12.1 Å². The molecule has 1 atom stereocenters. The molecule has 124 valence electrons. The van der Waals surface area contributed by atoms with Crippen molar-refractivity contribution in [3.63, 3.8) is 0 Å². The lowest BCUT2D eigenvalue weighted by Gasteiger charge is -2.32. The Labute approximate surface area is 146 Å². The van der Waals surface area contributed by atoms with E-state index in [4.69, 9.17) is 15.0 Å². The monoisotopic (exact) mass is 328 g/mol. The van der Waals surface area contributed by atoms with Crippen LogP contribution in [0.4, 0.5) is 0 Å². The Morgan fingerprint density at radius 2 is 2.08 bits per heavy atom. The first kappa shape index (κ1) is 11.0. The van der Waals surface area contributed by atoms with E-state index in [1.807, 2.05) is 0 Å². The first-order valence-corrected chi connectivity index (χ1v) is 7.79. The summed E-state index contributed by atoms with van der Waals surface area (Å²) in [5.41, 5.74) is 0.846. The van der Waals surface area contributed by atoms with Crippen molar-refractivity contribution in [2.24, 2.45) is 0 Å². The van der Waals surface area contributed by atoms with Crippen molar-refractivity contribution in [3.8, 4) is 23.0 Å². The van der Waals surface area contributed by atoms with E-state index in [0.717, 1.165) is 5.56 Å². The van der Waals surface area contributed by atoms with E-state index in [2.05, 4.69) is 0 Å². The first-order valence-electron chi connectivity index (χ1n) is 9.79. The predicted molar refractivity (Wildman–Crippen MR) is 91.9 cm³/mol. The van der Waals surface area contributed by atoms with Gasteiger partial charge in [-0.25, -0.2) is 0 Å². The molecule has 4 rings (SSSR count). The highest BCUT2D eigenvalue weighted by Crippen LogP contribution is 2.44. The minimum atomic E-state index is -0.818. The Hall–Kier alpha value is -2.62. The maximum Gasteiger partial charge on any atom is 0.133 e. The Kier molecular flexibility index (Phi) is 2.39. The van der Waals surface area contributed by atoms with Gasteiger partial charge in [0.2, 0.25) is 0 Å². The Bertz CT molecular complexity index is 1030. The van der Waals surface area contributed by atoms with Gasteiger partial charge in [-0.05, 0) is 50.0 Å². The number of benzene rings is 2. The lowest BCUT2D eigenvalue weighted by Crippen LogP contribution is -2.28. The second-order valence-corrected chi connectivity index (χ2v) is 6.57. The molecule has 2 aliphatic heterocycles. The van der Waals surface area contributed by atoms with E-state index in [1.54, 1.807) is 26.0 Å². The number of hydrogen-bond acceptors (Lipinski definition) is 4. The summed E-state index contributed by atoms with van der Waals surface area (Å²) >= 11 is 0. The Morgan fingerprint density at radius 3 is 2.92 bits per heavy atom. The third kappa shape index (κ3) is 2.48. The normalized spacial score (nSPS) is 23.2. The zero-order valence-corrected chi connectivity index (χ0v) is 13.4. The minimum Gasteiger partial charge on any atom is -0.508 e. The van der Waals surface area contributed by atoms with Crippen LogP contribution in [0.3, 0.4) is 0 Å². The smallest absolute Gasteiger partial charge is 0.133 e. The van der Waals surface area contributed by atoms with Crippen LogP contribution in [0.5, 0.6) is 23.0 Å². The highest BCUT2D eigenvalue weighted by atomic mass is 16.5. The van der Waals surface area contributed by atoms with Gasteiger partial charge in [0.15, 0.2) is 0 Å². The number of hydrogen-bond donors (Lipinski definition) is 2. The molecular weight excluding hydrogens is 304 g/mol. The van der Waals surface area contributed by atoms with Crippen molar-refractivity contribution in [3.05, 3.63) is 53.0 Å². The van der Waals surface area contributed by atoms with E-state index in [0.29, 0.717) is 29.0 Å². The van der Waals surface area contributed by atoms with Crippen molar-refractivity contribution < 1.29 is 25.2 Å². The van der Waals surface area contributed by atoms with Crippen molar-refractivity contribution in [2.75, 3.05) is 6.61 Å². The molecule has 0 aromatic heterocycles. The van der Waals surface area contributed by atoms with E-state index >= 15 is 0 Å². The number of phenols is 2. The molecule has 4 heteroatoms. The van der Waals surface area contributed by atoms with Crippen molar-refractivity contribution in [2.45, 2.75) is 31.8 Å². The summed E-state index contributed by atoms with van der Waals surface area (Å²) < 4.78 is 43.9. The molecule has 0 fully saturated rings. The molecule has 24 heavy (non-hydrogen) atoms. The van der Waals surface area contributed by atoms with Gasteiger partial charge >= 0.3 is 0 Å². The molecule has 0 bridgehead atoms. The summed E-state index contributed by atoms with van der Waals surface area (Å²) in [4.78, 5) is 0. The van der Waals surface area contributed by atoms with Gasteiger partial charge in [0.25, 0.3) is 0 Å². The van der Waals surface area contributed by atoms with E-state index < -0.39 is 17.4 Å². The van der Waals surface area contributed by atoms with Crippen LogP contribution in [0.1, 0.15) is 41.9 Å². The molecule has 0 spiro atoms. The van der Waals surface area contributed by atoms with Crippen LogP contribution >= 0.6 is 0 Å². The number of aromatic hydroxyl groups is 2. The molecule has 0 radical (unpaired) electrons. The zero-order valence-electron chi connectivity index (χ0n) is 17.4. The maximum absolute atomic E-state index is 10.3. The molecule has 2 heterocycles. The fourth-order valence-corrected chi connectivity index (χ4v) is 3.09. The van der Waals surface area contributed by atoms with E-state index in [9.17, 15) is 10.2 Å². The van der Waals surface area contributed by atoms with Gasteiger partial charge in [-0.2, -0.15) is 0 Å². The summed E-state index contributed by atoms with van der Waals surface area (Å²) in [6, 6.07) is 2.76. The SMILES string of the molecule is [2H]C1=Cc2c(c([2H])cc3c2OC[C@@H](c2cc([2H])c(O)c([2H])c2O)C3)OC1(C)C. The van der Waals surface area contributed by atoms with Crippen LogP contribution in [-0.2, 0) is 6.42 Å². The molecule has 2 aromatic rings. The maximum atomic E-state index is 10.3. The average Bonchev–Trinajstić information content (AvgIpc) is 2.64. The van der Waals surface area contributed by atoms with Crippen molar-refractivity contribution in [1.29, 1.82) is 0 Å². The fraction of sp³-hybridized carbons (Fsp3) is 0.300. The third-order valence-electron chi connectivity index (χ3n) is 4.29. The van der Waals surface area contributed by atoms with Crippen LogP contribution < -0.4 is 9.47 Å². The average molecular weight is 328 g/mol. The minimum absolute atomic E-state index is 0.187. The van der Waals surface area contributed by atoms with Crippen LogP contribution in [0.2, 0.25) is 0 Å². The predicted octanol–water partition coefficient (Wildman–Crippen LogP) is 4.00. The molecule has 0 saturated heterocycles. The van der Waals surface area contributed by atoms with Crippen molar-refractivity contribution >= 4 is 6.08 Å². The fourth-order valence-electron chi connectivity index (χ4n) is 3.09. The first-order chi connectivity index (χ1) is 13.1. The van der Waals surface area contributed by atoms with E-state index in [-0.39, 0.29) is 36.4 Å². The van der Waals surface area contributed by atoms with Gasteiger partial charge in [-0.3, -0.25) is 0 Å². The zero-order chi connectivity index (χ0) is 20.4. The number of fused-ring (bicyclic) bond motifs is 3. The second-order valence-electron chi connectivity index (χ2n) is 6.57. The van der Waals surface area contributed by atoms with Crippen molar-refractivity contribution in [1.82, 2.24) is 0 Å². The Balaban J connectivity index is 1.77. The lowest BCUT2D eigenvalue weighted by atomic mass is 9.88. The molecule has 2 aliphatic rings. The van der Waals surface area contributed by atoms with Crippen LogP contribution in [0.25, 0.3) is 6.08 Å². The topological polar surface area (TPSA) is 58.9 Å². The molecular formula is C20H20O4. The number of rotatable bonds is 1. The highest BCUT2D eigenvalue weighted by Gasteiger charge is 2.29. The van der Waals surface area contributed by atoms with Crippen LogP contribution in [0.15, 0.2) is 36.3 Å². The number of ether oxygens (including phenoxy) is 2. The molecule has 4 nitrogen and oxygen atoms in total. The molecule has 0 unspecified atom stereocenters. The molecule has 0 saturated carbocycles. The van der Waals surface area contributed by atoms with Crippen LogP contribution in [0, 0.1) is 0 Å². The summed E-state index contributed by atoms with van der Waals surface area (Å²) in [6.07, 6.45) is 2.09. The lowest BCUT2D eigenvalue weighted by molar-refractivity contribution is 0.157. The summed E-state index contributed by atoms with van der Waals surface area (Å²) in [7, 11) is 0. The van der Waals surface area contributed by atoms with Gasteiger partial charge < -0.3 is 19.7 Å². The van der Waals surface area contributed by atoms with E-state index in [1.165, 1.54) is 6.07 Å². The summed E-state index contributed by atoms with van der Waals surface area (Å²) in [6.45, 7) is 3.74. The molecule has 0 amide bonds. The molecule has 2 aromatic carbocycles. The number of phenolic OH excluding ortho intramolecular Hbond substituents is 2. The largest absolute Gasteiger partial charge is 0.508 e. The Morgan fingerprint density at radius 1 is 1.25 bits per heavy atom. The van der Waals surface area contributed by atoms with Gasteiger partial charge in [0.1, 0.15) is 28.6 Å². The molecule has 2 N–H and O–H groups in total. The highest BCUT2D eigenvalue weighted by molar-refractivity contribution is 5.69. The van der Waals surface area contributed by atoms with Gasteiger partial charge in [-0.15, -0.1) is 0 Å².